The Balaban J connectivity index is 1.79. The average Bonchev–Trinajstić information content (AvgIpc) is 2.51. The van der Waals surface area contributed by atoms with Gasteiger partial charge in [0.25, 0.3) is 5.88 Å². The second kappa shape index (κ2) is 6.13. The molecule has 0 aliphatic heterocycles. The number of benzene rings is 2. The fourth-order valence-electron chi connectivity index (χ4n) is 2.00. The maximum Gasteiger partial charge on any atom is 0.285 e. The van der Waals surface area contributed by atoms with Crippen molar-refractivity contribution in [3.63, 3.8) is 0 Å². The second-order valence-electron chi connectivity index (χ2n) is 4.58. The number of hydrogen-bond donors (Lipinski definition) is 0. The molecule has 0 atom stereocenters. The van der Waals surface area contributed by atoms with Crippen LogP contribution < -0.4 is 9.30 Å². The van der Waals surface area contributed by atoms with Crippen LogP contribution in [-0.2, 0) is 6.54 Å². The van der Waals surface area contributed by atoms with Crippen LogP contribution in [0.25, 0.3) is 0 Å². The number of halogens is 1. The van der Waals surface area contributed by atoms with Crippen LogP contribution >= 0.6 is 0 Å². The summed E-state index contributed by atoms with van der Waals surface area (Å²) in [5, 5.41) is 0. The summed E-state index contributed by atoms with van der Waals surface area (Å²) in [4.78, 5) is 4.11. The molecule has 1 heterocycles. The van der Waals surface area contributed by atoms with E-state index in [9.17, 15) is 4.39 Å². The van der Waals surface area contributed by atoms with Gasteiger partial charge >= 0.3 is 0 Å². The molecule has 104 valence electrons. The molecule has 3 rings (SSSR count). The number of rotatable bonds is 4. The molecule has 1 aromatic heterocycles. The van der Waals surface area contributed by atoms with Gasteiger partial charge in [-0.05, 0) is 12.1 Å². The van der Waals surface area contributed by atoms with Gasteiger partial charge < -0.3 is 4.74 Å². The van der Waals surface area contributed by atoms with E-state index in [0.29, 0.717) is 12.4 Å². The first-order chi connectivity index (χ1) is 10.3. The van der Waals surface area contributed by atoms with E-state index in [4.69, 9.17) is 4.74 Å². The summed E-state index contributed by atoms with van der Waals surface area (Å²) in [5.74, 6) is 0.124. The molecular formula is C17H14FN2O+. The minimum atomic E-state index is -0.405. The molecule has 0 unspecified atom stereocenters. The number of hydrogen-bond acceptors (Lipinski definition) is 2. The molecule has 0 radical (unpaired) electrons. The Hall–Kier alpha value is -2.75. The fraction of sp³-hybridized carbons (Fsp3) is 0.0588. The first-order valence-electron chi connectivity index (χ1n) is 6.63. The molecule has 0 N–H and O–H groups in total. The molecule has 3 nitrogen and oxygen atoms in total. The summed E-state index contributed by atoms with van der Waals surface area (Å²) in [7, 11) is 0. The van der Waals surface area contributed by atoms with E-state index < -0.39 is 5.82 Å². The molecule has 0 amide bonds. The molecule has 0 aliphatic rings. The van der Waals surface area contributed by atoms with Crippen molar-refractivity contribution in [2.75, 3.05) is 0 Å². The van der Waals surface area contributed by atoms with E-state index >= 15 is 0 Å². The number of ether oxygens (including phenoxy) is 1. The molecule has 21 heavy (non-hydrogen) atoms. The van der Waals surface area contributed by atoms with Crippen LogP contribution in [0.3, 0.4) is 0 Å². The van der Waals surface area contributed by atoms with Gasteiger partial charge in [-0.25, -0.2) is 9.37 Å². The fourth-order valence-corrected chi connectivity index (χ4v) is 2.00. The Morgan fingerprint density at radius 2 is 1.76 bits per heavy atom. The maximum absolute atomic E-state index is 13.6. The molecule has 2 aromatic carbocycles. The predicted octanol–water partition coefficient (Wildman–Crippen LogP) is 3.35. The van der Waals surface area contributed by atoms with Crippen LogP contribution in [0.4, 0.5) is 4.39 Å². The van der Waals surface area contributed by atoms with E-state index in [-0.39, 0.29) is 5.75 Å². The first kappa shape index (κ1) is 13.2. The standard InChI is InChI=1S/C17H14FN2O/c18-15-8-4-5-9-16(15)21-17-13-20(11-10-19-17)12-14-6-2-1-3-7-14/h1-11,13H,12H2/q+1. The van der Waals surface area contributed by atoms with Crippen LogP contribution in [0.5, 0.6) is 11.6 Å². The van der Waals surface area contributed by atoms with Crippen molar-refractivity contribution >= 4 is 0 Å². The maximum atomic E-state index is 13.6. The molecule has 3 aromatic rings. The molecule has 0 aliphatic carbocycles. The van der Waals surface area contributed by atoms with Crippen molar-refractivity contribution < 1.29 is 13.7 Å². The normalized spacial score (nSPS) is 10.3. The SMILES string of the molecule is Fc1ccccc1Oc1c[n+](Cc2ccccc2)ccn1. The van der Waals surface area contributed by atoms with E-state index in [1.807, 2.05) is 41.1 Å². The summed E-state index contributed by atoms with van der Waals surface area (Å²) >= 11 is 0. The smallest absolute Gasteiger partial charge is 0.285 e. The zero-order valence-electron chi connectivity index (χ0n) is 11.3. The molecule has 4 heteroatoms. The summed E-state index contributed by atoms with van der Waals surface area (Å²) < 4.78 is 21.0. The summed E-state index contributed by atoms with van der Waals surface area (Å²) in [6.45, 7) is 0.705. The molecule has 0 saturated carbocycles. The van der Waals surface area contributed by atoms with Crippen LogP contribution in [0, 0.1) is 5.82 Å². The largest absolute Gasteiger partial charge is 0.431 e. The molecule has 0 spiro atoms. The Labute approximate surface area is 122 Å². The summed E-state index contributed by atoms with van der Waals surface area (Å²) in [5.41, 5.74) is 1.17. The minimum Gasteiger partial charge on any atom is -0.431 e. The zero-order chi connectivity index (χ0) is 14.5. The van der Waals surface area contributed by atoms with Crippen molar-refractivity contribution in [2.24, 2.45) is 0 Å². The number of aromatic nitrogens is 2. The minimum absolute atomic E-state index is 0.169. The molecule has 0 fully saturated rings. The lowest BCUT2D eigenvalue weighted by atomic mass is 10.2. The lowest BCUT2D eigenvalue weighted by Crippen LogP contribution is -2.33. The highest BCUT2D eigenvalue weighted by Crippen LogP contribution is 2.21. The molecule has 0 saturated heterocycles. The van der Waals surface area contributed by atoms with E-state index in [1.165, 1.54) is 11.6 Å². The highest BCUT2D eigenvalue weighted by atomic mass is 19.1. The Kier molecular flexibility index (Phi) is 3.87. The quantitative estimate of drug-likeness (QED) is 0.685. The third-order valence-electron chi connectivity index (χ3n) is 3.00. The van der Waals surface area contributed by atoms with Crippen molar-refractivity contribution in [2.45, 2.75) is 6.54 Å². The van der Waals surface area contributed by atoms with Gasteiger partial charge in [0, 0.05) is 5.56 Å². The number of nitrogens with zero attached hydrogens (tertiary/aromatic N) is 2. The van der Waals surface area contributed by atoms with Crippen LogP contribution in [0.15, 0.2) is 73.2 Å². The Bertz CT molecular complexity index is 732. The van der Waals surface area contributed by atoms with Gasteiger partial charge in [0.05, 0.1) is 6.20 Å². The molecule has 0 bridgehead atoms. The first-order valence-corrected chi connectivity index (χ1v) is 6.63. The Morgan fingerprint density at radius 1 is 1.00 bits per heavy atom. The predicted molar refractivity (Wildman–Crippen MR) is 76.5 cm³/mol. The summed E-state index contributed by atoms with van der Waals surface area (Å²) in [6.07, 6.45) is 5.24. The van der Waals surface area contributed by atoms with Gasteiger partial charge in [0.15, 0.2) is 24.3 Å². The molecular weight excluding hydrogens is 267 g/mol. The number of para-hydroxylation sites is 1. The van der Waals surface area contributed by atoms with Gasteiger partial charge in [-0.3, -0.25) is 0 Å². The highest BCUT2D eigenvalue weighted by Gasteiger charge is 2.09. The summed E-state index contributed by atoms with van der Waals surface area (Å²) in [6, 6.07) is 16.3. The van der Waals surface area contributed by atoms with Gasteiger partial charge in [0.2, 0.25) is 6.20 Å². The van der Waals surface area contributed by atoms with Gasteiger partial charge in [-0.2, -0.15) is 4.57 Å². The van der Waals surface area contributed by atoms with Crippen molar-refractivity contribution in [1.82, 2.24) is 4.98 Å². The van der Waals surface area contributed by atoms with Crippen LogP contribution in [0.1, 0.15) is 5.56 Å². The van der Waals surface area contributed by atoms with Crippen molar-refractivity contribution in [3.05, 3.63) is 84.6 Å². The van der Waals surface area contributed by atoms with Gasteiger partial charge in [0.1, 0.15) is 0 Å². The van der Waals surface area contributed by atoms with Crippen molar-refractivity contribution in [1.29, 1.82) is 0 Å². The van der Waals surface area contributed by atoms with Crippen molar-refractivity contribution in [3.8, 4) is 11.6 Å². The van der Waals surface area contributed by atoms with E-state index in [1.54, 1.807) is 30.6 Å². The third-order valence-corrected chi connectivity index (χ3v) is 3.00. The van der Waals surface area contributed by atoms with Crippen LogP contribution in [0.2, 0.25) is 0 Å². The Morgan fingerprint density at radius 3 is 2.57 bits per heavy atom. The monoisotopic (exact) mass is 281 g/mol. The lowest BCUT2D eigenvalue weighted by Gasteiger charge is -2.04. The van der Waals surface area contributed by atoms with Crippen LogP contribution in [-0.4, -0.2) is 4.98 Å². The highest BCUT2D eigenvalue weighted by molar-refractivity contribution is 5.27. The van der Waals surface area contributed by atoms with Gasteiger partial charge in [-0.1, -0.05) is 42.5 Å². The third kappa shape index (κ3) is 3.42. The van der Waals surface area contributed by atoms with Gasteiger partial charge in [-0.15, -0.1) is 0 Å². The topological polar surface area (TPSA) is 26.0 Å². The zero-order valence-corrected chi connectivity index (χ0v) is 11.3. The second-order valence-corrected chi connectivity index (χ2v) is 4.58. The van der Waals surface area contributed by atoms with E-state index in [0.717, 1.165) is 0 Å². The van der Waals surface area contributed by atoms with E-state index in [2.05, 4.69) is 4.98 Å². The average molecular weight is 281 g/mol. The lowest BCUT2D eigenvalue weighted by molar-refractivity contribution is -0.689.